The summed E-state index contributed by atoms with van der Waals surface area (Å²) in [5.41, 5.74) is 4.13. The maximum atomic E-state index is 12.7. The molecule has 0 saturated carbocycles. The highest BCUT2D eigenvalue weighted by Gasteiger charge is 2.27. The molecule has 0 aliphatic heterocycles. The molecule has 34 heavy (non-hydrogen) atoms. The summed E-state index contributed by atoms with van der Waals surface area (Å²) < 4.78 is 1.70. The Bertz CT molecular complexity index is 1740. The second-order valence-electron chi connectivity index (χ2n) is 8.47. The molecule has 6 rings (SSSR count). The minimum Gasteiger partial charge on any atom is -0.477 e. The average molecular weight is 453 g/mol. The number of aryl methyl sites for hydroxylation is 2. The summed E-state index contributed by atoms with van der Waals surface area (Å²) in [6, 6.07) is 9.06. The third-order valence-electron chi connectivity index (χ3n) is 6.46. The van der Waals surface area contributed by atoms with E-state index in [0.717, 1.165) is 30.2 Å². The fraction of sp³-hybridized carbons (Fsp3) is 0.160. The summed E-state index contributed by atoms with van der Waals surface area (Å²) in [6.07, 6.45) is 7.31. The number of carboxylic acid groups (broad SMARTS) is 1. The first-order valence-electron chi connectivity index (χ1n) is 10.9. The molecule has 9 nitrogen and oxygen atoms in total. The van der Waals surface area contributed by atoms with Gasteiger partial charge in [0.2, 0.25) is 0 Å². The van der Waals surface area contributed by atoms with Crippen LogP contribution in [0, 0.1) is 0 Å². The van der Waals surface area contributed by atoms with E-state index in [2.05, 4.69) is 19.9 Å². The van der Waals surface area contributed by atoms with Gasteiger partial charge in [0.25, 0.3) is 11.1 Å². The van der Waals surface area contributed by atoms with Gasteiger partial charge in [-0.1, -0.05) is 0 Å². The Kier molecular flexibility index (Phi) is 4.44. The van der Waals surface area contributed by atoms with Gasteiger partial charge >= 0.3 is 5.97 Å². The van der Waals surface area contributed by atoms with Crippen molar-refractivity contribution < 1.29 is 9.90 Å². The Morgan fingerprint density at radius 2 is 1.85 bits per heavy atom. The first kappa shape index (κ1) is 20.1. The molecule has 3 N–H and O–H groups in total. The molecule has 1 aliphatic carbocycles. The number of carbonyl (C=O) groups is 1. The smallest absolute Gasteiger partial charge is 0.353 e. The Labute approximate surface area is 191 Å². The van der Waals surface area contributed by atoms with Crippen molar-refractivity contribution in [2.75, 3.05) is 0 Å². The maximum absolute atomic E-state index is 12.7. The van der Waals surface area contributed by atoms with Gasteiger partial charge in [-0.05, 0) is 66.3 Å². The molecule has 168 valence electrons. The van der Waals surface area contributed by atoms with Crippen LogP contribution in [0.5, 0.6) is 0 Å². The van der Waals surface area contributed by atoms with Crippen molar-refractivity contribution in [1.29, 1.82) is 0 Å². The molecule has 4 heterocycles. The van der Waals surface area contributed by atoms with Gasteiger partial charge in [-0.2, -0.15) is 0 Å². The molecule has 0 radical (unpaired) electrons. The van der Waals surface area contributed by atoms with Crippen LogP contribution in [0.25, 0.3) is 33.1 Å². The molecule has 0 spiro atoms. The third kappa shape index (κ3) is 3.05. The fourth-order valence-electron chi connectivity index (χ4n) is 4.96. The van der Waals surface area contributed by atoms with Crippen LogP contribution < -0.4 is 11.1 Å². The highest BCUT2D eigenvalue weighted by atomic mass is 16.4. The number of fused-ring (bicyclic) bond motifs is 3. The third-order valence-corrected chi connectivity index (χ3v) is 6.46. The van der Waals surface area contributed by atoms with Crippen LogP contribution in [-0.2, 0) is 19.4 Å². The van der Waals surface area contributed by atoms with Gasteiger partial charge < -0.3 is 19.6 Å². The standard InChI is InChI=1S/C25H19N5O4/c31-23-16(5-2-6-26-23)20-17-8-14-3-1-4-15(14)9-19(17)30(21(20)25(33)34)11-13-7-18-22(27-10-13)28-12-29-24(18)32/h2,5-10,12H,1,3-4,11H2,(H,26,31)(H,33,34)(H,27,28,29,32). The number of nitrogens with zero attached hydrogens (tertiary/aromatic N) is 3. The monoisotopic (exact) mass is 453 g/mol. The fourth-order valence-corrected chi connectivity index (χ4v) is 4.96. The minimum atomic E-state index is -1.14. The lowest BCUT2D eigenvalue weighted by Crippen LogP contribution is -2.14. The molecule has 0 unspecified atom stereocenters. The Morgan fingerprint density at radius 1 is 1.03 bits per heavy atom. The number of rotatable bonds is 4. The zero-order chi connectivity index (χ0) is 23.4. The Morgan fingerprint density at radius 3 is 2.65 bits per heavy atom. The van der Waals surface area contributed by atoms with Gasteiger partial charge in [-0.3, -0.25) is 9.59 Å². The predicted octanol–water partition coefficient (Wildman–Crippen LogP) is 2.86. The highest BCUT2D eigenvalue weighted by molar-refractivity contribution is 6.08. The van der Waals surface area contributed by atoms with Gasteiger partial charge in [-0.25, -0.2) is 14.8 Å². The van der Waals surface area contributed by atoms with Crippen molar-refractivity contribution in [2.45, 2.75) is 25.8 Å². The number of benzene rings is 1. The van der Waals surface area contributed by atoms with Crippen LogP contribution >= 0.6 is 0 Å². The molecule has 5 aromatic rings. The van der Waals surface area contributed by atoms with E-state index in [1.54, 1.807) is 29.0 Å². The number of hydrogen-bond donors (Lipinski definition) is 3. The number of aromatic amines is 2. The van der Waals surface area contributed by atoms with E-state index in [4.69, 9.17) is 0 Å². The highest BCUT2D eigenvalue weighted by Crippen LogP contribution is 2.38. The van der Waals surface area contributed by atoms with Crippen LogP contribution in [0.4, 0.5) is 0 Å². The number of carboxylic acids is 1. The topological polar surface area (TPSA) is 134 Å². The molecular formula is C25H19N5O4. The van der Waals surface area contributed by atoms with Gasteiger partial charge in [0, 0.05) is 41.0 Å². The van der Waals surface area contributed by atoms with Crippen molar-refractivity contribution in [3.05, 3.63) is 92.1 Å². The van der Waals surface area contributed by atoms with Crippen LogP contribution in [0.2, 0.25) is 0 Å². The molecule has 0 fully saturated rings. The Hall–Kier alpha value is -4.53. The van der Waals surface area contributed by atoms with E-state index < -0.39 is 5.97 Å². The number of H-pyrrole nitrogens is 2. The lowest BCUT2D eigenvalue weighted by molar-refractivity contribution is 0.0687. The van der Waals surface area contributed by atoms with E-state index in [1.807, 2.05) is 12.1 Å². The first-order valence-corrected chi connectivity index (χ1v) is 10.9. The number of nitrogens with one attached hydrogen (secondary N) is 2. The predicted molar refractivity (Wildman–Crippen MR) is 126 cm³/mol. The summed E-state index contributed by atoms with van der Waals surface area (Å²) in [7, 11) is 0. The summed E-state index contributed by atoms with van der Waals surface area (Å²) >= 11 is 0. The van der Waals surface area contributed by atoms with E-state index >= 15 is 0 Å². The number of aromatic nitrogens is 5. The summed E-state index contributed by atoms with van der Waals surface area (Å²) in [5, 5.41) is 11.3. The second kappa shape index (κ2) is 7.51. The van der Waals surface area contributed by atoms with Gasteiger partial charge in [0.1, 0.15) is 5.69 Å². The lowest BCUT2D eigenvalue weighted by Gasteiger charge is -2.10. The van der Waals surface area contributed by atoms with E-state index in [-0.39, 0.29) is 23.4 Å². The van der Waals surface area contributed by atoms with E-state index in [0.29, 0.717) is 27.7 Å². The molecule has 0 atom stereocenters. The average Bonchev–Trinajstić information content (AvgIpc) is 3.41. The van der Waals surface area contributed by atoms with Crippen molar-refractivity contribution >= 4 is 27.9 Å². The van der Waals surface area contributed by atoms with E-state index in [9.17, 15) is 19.5 Å². The summed E-state index contributed by atoms with van der Waals surface area (Å²) in [6.45, 7) is 0.166. The second-order valence-corrected chi connectivity index (χ2v) is 8.47. The van der Waals surface area contributed by atoms with Gasteiger partial charge in [0.15, 0.2) is 5.65 Å². The van der Waals surface area contributed by atoms with Crippen LogP contribution in [-0.4, -0.2) is 35.6 Å². The van der Waals surface area contributed by atoms with Crippen molar-refractivity contribution in [3.63, 3.8) is 0 Å². The van der Waals surface area contributed by atoms with Crippen LogP contribution in [0.1, 0.15) is 33.6 Å². The zero-order valence-electron chi connectivity index (χ0n) is 18.0. The number of aromatic carboxylic acids is 1. The zero-order valence-corrected chi connectivity index (χ0v) is 18.0. The normalized spacial score (nSPS) is 12.9. The van der Waals surface area contributed by atoms with Crippen molar-refractivity contribution in [1.82, 2.24) is 24.5 Å². The van der Waals surface area contributed by atoms with Crippen molar-refractivity contribution in [2.24, 2.45) is 0 Å². The SMILES string of the molecule is O=C(O)c1c(-c2ccc[nH]c2=O)c2cc3c(cc2n1Cc1cnc2nc[nH]c(=O)c2c1)CCC3. The molecule has 1 aromatic carbocycles. The molecule has 9 heteroatoms. The van der Waals surface area contributed by atoms with Gasteiger partial charge in [-0.15, -0.1) is 0 Å². The summed E-state index contributed by atoms with van der Waals surface area (Å²) in [5.74, 6) is -1.14. The maximum Gasteiger partial charge on any atom is 0.353 e. The van der Waals surface area contributed by atoms with Crippen LogP contribution in [0.15, 0.2) is 58.6 Å². The van der Waals surface area contributed by atoms with E-state index in [1.165, 1.54) is 23.7 Å². The lowest BCUT2D eigenvalue weighted by atomic mass is 10.00. The molecule has 1 aliphatic rings. The first-order chi connectivity index (χ1) is 16.5. The quantitative estimate of drug-likeness (QED) is 0.383. The molecule has 4 aromatic heterocycles. The largest absolute Gasteiger partial charge is 0.477 e. The minimum absolute atomic E-state index is 0.0237. The molecule has 0 amide bonds. The molecule has 0 saturated heterocycles. The number of pyridine rings is 2. The molecular weight excluding hydrogens is 434 g/mol. The molecule has 0 bridgehead atoms. The van der Waals surface area contributed by atoms with Crippen LogP contribution in [0.3, 0.4) is 0 Å². The van der Waals surface area contributed by atoms with Crippen molar-refractivity contribution in [3.8, 4) is 11.1 Å². The number of hydrogen-bond acceptors (Lipinski definition) is 5. The summed E-state index contributed by atoms with van der Waals surface area (Å²) in [4.78, 5) is 51.1. The van der Waals surface area contributed by atoms with Gasteiger partial charge in [0.05, 0.1) is 11.7 Å². The Balaban J connectivity index is 1.65.